The maximum Gasteiger partial charge on any atom is 0.230 e. The van der Waals surface area contributed by atoms with E-state index in [2.05, 4.69) is 0 Å². The lowest BCUT2D eigenvalue weighted by atomic mass is 9.76. The number of rotatable bonds is 1. The van der Waals surface area contributed by atoms with Gasteiger partial charge in [-0.15, -0.1) is 0 Å². The number of hydrogen-bond donors (Lipinski definition) is 1. The van der Waals surface area contributed by atoms with Crippen LogP contribution in [-0.4, -0.2) is 28.8 Å². The largest absolute Gasteiger partial charge is 0.326 e. The van der Waals surface area contributed by atoms with Gasteiger partial charge in [0.25, 0.3) is 0 Å². The Morgan fingerprint density at radius 2 is 1.61 bits per heavy atom. The molecular formula is C14H22N2O2. The Bertz CT molecular complexity index is 354. The average Bonchev–Trinajstić information content (AvgIpc) is 2.89. The van der Waals surface area contributed by atoms with Crippen LogP contribution in [0.25, 0.3) is 0 Å². The van der Waals surface area contributed by atoms with E-state index in [0.29, 0.717) is 12.8 Å². The highest BCUT2D eigenvalue weighted by atomic mass is 16.2. The third kappa shape index (κ3) is 1.87. The summed E-state index contributed by atoms with van der Waals surface area (Å²) in [6.07, 6.45) is 8.45. The van der Waals surface area contributed by atoms with Crippen molar-refractivity contribution in [3.63, 3.8) is 0 Å². The van der Waals surface area contributed by atoms with Crippen molar-refractivity contribution < 1.29 is 9.59 Å². The summed E-state index contributed by atoms with van der Waals surface area (Å²) in [4.78, 5) is 26.2. The van der Waals surface area contributed by atoms with Gasteiger partial charge >= 0.3 is 0 Å². The van der Waals surface area contributed by atoms with Gasteiger partial charge < -0.3 is 5.73 Å². The van der Waals surface area contributed by atoms with Gasteiger partial charge in [-0.05, 0) is 37.5 Å². The normalized spacial score (nSPS) is 35.7. The van der Waals surface area contributed by atoms with Gasteiger partial charge in [0, 0.05) is 18.9 Å². The predicted molar refractivity (Wildman–Crippen MR) is 67.6 cm³/mol. The summed E-state index contributed by atoms with van der Waals surface area (Å²) >= 11 is 0. The Morgan fingerprint density at radius 1 is 1.00 bits per heavy atom. The van der Waals surface area contributed by atoms with Crippen LogP contribution < -0.4 is 5.73 Å². The van der Waals surface area contributed by atoms with Gasteiger partial charge in [0.15, 0.2) is 0 Å². The molecule has 1 saturated heterocycles. The van der Waals surface area contributed by atoms with Crippen LogP contribution in [0.15, 0.2) is 0 Å². The third-order valence-electron chi connectivity index (χ3n) is 5.12. The number of piperidine rings is 1. The topological polar surface area (TPSA) is 63.4 Å². The number of imide groups is 1. The van der Waals surface area contributed by atoms with Gasteiger partial charge in [0.1, 0.15) is 0 Å². The molecule has 3 fully saturated rings. The lowest BCUT2D eigenvalue weighted by molar-refractivity contribution is -0.156. The van der Waals surface area contributed by atoms with Crippen LogP contribution >= 0.6 is 0 Å². The second-order valence-electron chi connectivity index (χ2n) is 6.38. The first-order chi connectivity index (χ1) is 8.61. The highest BCUT2D eigenvalue weighted by molar-refractivity contribution is 5.99. The van der Waals surface area contributed by atoms with Gasteiger partial charge in [0.2, 0.25) is 11.8 Å². The number of likely N-dealkylation sites (tertiary alicyclic amines) is 1. The third-order valence-corrected chi connectivity index (χ3v) is 5.12. The summed E-state index contributed by atoms with van der Waals surface area (Å²) in [5.74, 6) is 0.0750. The summed E-state index contributed by atoms with van der Waals surface area (Å²) in [6, 6.07) is -0.0284. The lowest BCUT2D eigenvalue weighted by Gasteiger charge is -2.40. The van der Waals surface area contributed by atoms with Crippen molar-refractivity contribution in [3.8, 4) is 0 Å². The first kappa shape index (κ1) is 12.2. The van der Waals surface area contributed by atoms with Gasteiger partial charge in [-0.3, -0.25) is 14.5 Å². The van der Waals surface area contributed by atoms with E-state index in [-0.39, 0.29) is 29.3 Å². The summed E-state index contributed by atoms with van der Waals surface area (Å²) in [6.45, 7) is 0. The fourth-order valence-electron chi connectivity index (χ4n) is 4.15. The summed E-state index contributed by atoms with van der Waals surface area (Å²) in [5.41, 5.74) is 6.04. The van der Waals surface area contributed by atoms with Crippen molar-refractivity contribution in [1.82, 2.24) is 4.90 Å². The van der Waals surface area contributed by atoms with Gasteiger partial charge in [-0.25, -0.2) is 0 Å². The zero-order chi connectivity index (χ0) is 12.8. The number of carbonyl (C=O) groups excluding carboxylic acids is 2. The van der Waals surface area contributed by atoms with Crippen molar-refractivity contribution in [2.24, 2.45) is 11.1 Å². The molecule has 0 radical (unpaired) electrons. The van der Waals surface area contributed by atoms with E-state index in [1.54, 1.807) is 0 Å². The van der Waals surface area contributed by atoms with Crippen LogP contribution in [0.4, 0.5) is 0 Å². The molecule has 1 aliphatic heterocycles. The Kier molecular flexibility index (Phi) is 2.93. The predicted octanol–water partition coefficient (Wildman–Crippen LogP) is 1.58. The van der Waals surface area contributed by atoms with Crippen LogP contribution in [0.1, 0.15) is 57.8 Å². The molecule has 4 nitrogen and oxygen atoms in total. The standard InChI is InChI=1S/C14H22N2O2/c15-10-4-3-5-11(10)16-12(17)8-14(9-13(16)18)6-1-2-7-14/h10-11H,1-9,15H2. The van der Waals surface area contributed by atoms with Gasteiger partial charge in [-0.1, -0.05) is 12.8 Å². The molecule has 2 aliphatic carbocycles. The molecule has 0 aromatic heterocycles. The molecule has 3 rings (SSSR count). The Balaban J connectivity index is 1.78. The minimum absolute atomic E-state index is 0.00414. The number of hydrogen-bond acceptors (Lipinski definition) is 3. The molecule has 4 heteroatoms. The van der Waals surface area contributed by atoms with Crippen molar-refractivity contribution >= 4 is 11.8 Å². The maximum absolute atomic E-state index is 12.3. The van der Waals surface area contributed by atoms with Gasteiger partial charge in [0.05, 0.1) is 6.04 Å². The van der Waals surface area contributed by atoms with E-state index in [0.717, 1.165) is 32.1 Å². The number of amides is 2. The van der Waals surface area contributed by atoms with Crippen LogP contribution in [-0.2, 0) is 9.59 Å². The lowest BCUT2D eigenvalue weighted by Crippen LogP contribution is -2.55. The van der Waals surface area contributed by atoms with E-state index in [4.69, 9.17) is 5.73 Å². The smallest absolute Gasteiger partial charge is 0.230 e. The van der Waals surface area contributed by atoms with Crippen molar-refractivity contribution in [3.05, 3.63) is 0 Å². The maximum atomic E-state index is 12.3. The SMILES string of the molecule is NC1CCCC1N1C(=O)CC2(CCCC2)CC1=O. The highest BCUT2D eigenvalue weighted by Crippen LogP contribution is 2.47. The zero-order valence-electron chi connectivity index (χ0n) is 10.9. The molecule has 3 aliphatic rings. The second kappa shape index (κ2) is 4.34. The molecule has 2 unspecified atom stereocenters. The fraction of sp³-hybridized carbons (Fsp3) is 0.857. The molecule has 2 N–H and O–H groups in total. The monoisotopic (exact) mass is 250 g/mol. The van der Waals surface area contributed by atoms with Crippen LogP contribution in [0.3, 0.4) is 0 Å². The van der Waals surface area contributed by atoms with Crippen molar-refractivity contribution in [2.75, 3.05) is 0 Å². The molecule has 1 spiro atoms. The molecule has 0 aromatic carbocycles. The molecule has 1 heterocycles. The number of nitrogens with two attached hydrogens (primary N) is 1. The second-order valence-corrected chi connectivity index (χ2v) is 6.38. The average molecular weight is 250 g/mol. The summed E-state index contributed by atoms with van der Waals surface area (Å²) in [7, 11) is 0. The molecule has 18 heavy (non-hydrogen) atoms. The van der Waals surface area contributed by atoms with E-state index in [1.165, 1.54) is 17.7 Å². The summed E-state index contributed by atoms with van der Waals surface area (Å²) in [5, 5.41) is 0. The number of carbonyl (C=O) groups is 2. The van der Waals surface area contributed by atoms with E-state index >= 15 is 0 Å². The van der Waals surface area contributed by atoms with Gasteiger partial charge in [-0.2, -0.15) is 0 Å². The van der Waals surface area contributed by atoms with Crippen LogP contribution in [0.5, 0.6) is 0 Å². The quantitative estimate of drug-likeness (QED) is 0.719. The van der Waals surface area contributed by atoms with E-state index in [1.807, 2.05) is 0 Å². The molecule has 100 valence electrons. The van der Waals surface area contributed by atoms with Crippen LogP contribution in [0, 0.1) is 5.41 Å². The molecule has 2 atom stereocenters. The van der Waals surface area contributed by atoms with Crippen LogP contribution in [0.2, 0.25) is 0 Å². The Hall–Kier alpha value is -0.900. The molecule has 0 bridgehead atoms. The first-order valence-corrected chi connectivity index (χ1v) is 7.22. The first-order valence-electron chi connectivity index (χ1n) is 7.22. The Morgan fingerprint density at radius 3 is 2.11 bits per heavy atom. The Labute approximate surface area is 108 Å². The molecule has 2 amide bonds. The van der Waals surface area contributed by atoms with E-state index < -0.39 is 0 Å². The van der Waals surface area contributed by atoms with E-state index in [9.17, 15) is 9.59 Å². The minimum atomic E-state index is -0.0243. The molecule has 2 saturated carbocycles. The highest BCUT2D eigenvalue weighted by Gasteiger charge is 2.48. The molecule has 0 aromatic rings. The molecular weight excluding hydrogens is 228 g/mol. The zero-order valence-corrected chi connectivity index (χ0v) is 10.9. The number of nitrogens with zero attached hydrogens (tertiary/aromatic N) is 1. The minimum Gasteiger partial charge on any atom is -0.326 e. The van der Waals surface area contributed by atoms with Crippen molar-refractivity contribution in [2.45, 2.75) is 69.9 Å². The van der Waals surface area contributed by atoms with Crippen molar-refractivity contribution in [1.29, 1.82) is 0 Å². The summed E-state index contributed by atoms with van der Waals surface area (Å²) < 4.78 is 0. The fourth-order valence-corrected chi connectivity index (χ4v) is 4.15.